The van der Waals surface area contributed by atoms with Gasteiger partial charge in [0, 0.05) is 0 Å². The number of amides is 1. The third kappa shape index (κ3) is 1.64. The monoisotopic (exact) mass is 223 g/mol. The molecular weight excluding hydrogens is 213 g/mol. The van der Waals surface area contributed by atoms with Crippen LogP contribution in [0.1, 0.15) is 6.42 Å². The van der Waals surface area contributed by atoms with Crippen molar-refractivity contribution in [3.8, 4) is 5.75 Å². The maximum atomic E-state index is 13.4. The molecule has 0 aliphatic carbocycles. The van der Waals surface area contributed by atoms with Crippen molar-refractivity contribution in [3.63, 3.8) is 0 Å². The Morgan fingerprint density at radius 3 is 2.69 bits per heavy atom. The summed E-state index contributed by atoms with van der Waals surface area (Å²) in [5.41, 5.74) is 0.304. The largest absolute Gasteiger partial charge is 0.492 e. The first-order chi connectivity index (χ1) is 7.63. The quantitative estimate of drug-likeness (QED) is 0.706. The Balaban J connectivity index is 2.44. The van der Waals surface area contributed by atoms with Crippen molar-refractivity contribution in [1.82, 2.24) is 0 Å². The van der Waals surface area contributed by atoms with Gasteiger partial charge in [0.05, 0.1) is 25.8 Å². The number of carbonyl (C=O) groups is 2. The first-order valence-electron chi connectivity index (χ1n) is 4.78. The number of halogens is 1. The highest BCUT2D eigenvalue weighted by molar-refractivity contribution is 6.15. The minimum Gasteiger partial charge on any atom is -0.492 e. The highest BCUT2D eigenvalue weighted by atomic mass is 19.1. The molecule has 16 heavy (non-hydrogen) atoms. The zero-order valence-electron chi connectivity index (χ0n) is 8.70. The first kappa shape index (κ1) is 10.6. The van der Waals surface area contributed by atoms with E-state index in [0.717, 1.165) is 0 Å². The number of Topliss-reactive ketones (excluding diaryl/α,β-unsaturated/α-hetero) is 1. The number of methoxy groups -OCH3 is 1. The minimum atomic E-state index is -0.549. The molecule has 1 amide bonds. The van der Waals surface area contributed by atoms with E-state index in [1.807, 2.05) is 0 Å². The van der Waals surface area contributed by atoms with E-state index in [1.165, 1.54) is 24.1 Å². The van der Waals surface area contributed by atoms with Gasteiger partial charge in [-0.3, -0.25) is 9.59 Å². The van der Waals surface area contributed by atoms with Gasteiger partial charge < -0.3 is 9.64 Å². The van der Waals surface area contributed by atoms with Crippen molar-refractivity contribution < 1.29 is 18.7 Å². The number of benzene rings is 1. The van der Waals surface area contributed by atoms with Gasteiger partial charge >= 0.3 is 0 Å². The third-order valence-corrected chi connectivity index (χ3v) is 2.43. The molecule has 0 bridgehead atoms. The van der Waals surface area contributed by atoms with Crippen LogP contribution in [0.4, 0.5) is 10.1 Å². The SMILES string of the molecule is COc1c(F)cccc1N1CC(=O)CC1=O. The van der Waals surface area contributed by atoms with Crippen LogP contribution in [0.2, 0.25) is 0 Å². The van der Waals surface area contributed by atoms with Gasteiger partial charge in [-0.2, -0.15) is 0 Å². The van der Waals surface area contributed by atoms with Crippen molar-refractivity contribution in [3.05, 3.63) is 24.0 Å². The first-order valence-corrected chi connectivity index (χ1v) is 4.78. The van der Waals surface area contributed by atoms with E-state index in [-0.39, 0.29) is 30.4 Å². The van der Waals surface area contributed by atoms with E-state index < -0.39 is 5.82 Å². The molecule has 5 heteroatoms. The highest BCUT2D eigenvalue weighted by Gasteiger charge is 2.31. The zero-order chi connectivity index (χ0) is 11.7. The summed E-state index contributed by atoms with van der Waals surface area (Å²) < 4.78 is 18.3. The van der Waals surface area contributed by atoms with E-state index in [0.29, 0.717) is 5.69 Å². The van der Waals surface area contributed by atoms with Crippen LogP contribution in [0.3, 0.4) is 0 Å². The molecule has 0 unspecified atom stereocenters. The number of carbonyl (C=O) groups excluding carboxylic acids is 2. The molecular formula is C11H10FNO3. The summed E-state index contributed by atoms with van der Waals surface area (Å²) in [7, 11) is 1.32. The summed E-state index contributed by atoms with van der Waals surface area (Å²) in [6.07, 6.45) is -0.125. The summed E-state index contributed by atoms with van der Waals surface area (Å²) in [6.45, 7) is -0.0152. The van der Waals surface area contributed by atoms with Crippen LogP contribution < -0.4 is 9.64 Å². The molecule has 1 aliphatic rings. The number of ketones is 1. The molecule has 0 spiro atoms. The van der Waals surface area contributed by atoms with E-state index in [4.69, 9.17) is 4.74 Å². The molecule has 1 aromatic rings. The predicted octanol–water partition coefficient (Wildman–Crippen LogP) is 1.14. The Morgan fingerprint density at radius 1 is 1.38 bits per heavy atom. The highest BCUT2D eigenvalue weighted by Crippen LogP contribution is 2.32. The van der Waals surface area contributed by atoms with E-state index in [2.05, 4.69) is 0 Å². The molecule has 4 nitrogen and oxygen atoms in total. The van der Waals surface area contributed by atoms with E-state index in [9.17, 15) is 14.0 Å². The maximum Gasteiger partial charge on any atom is 0.235 e. The number of ether oxygens (including phenoxy) is 1. The molecule has 84 valence electrons. The number of hydrogen-bond donors (Lipinski definition) is 0. The van der Waals surface area contributed by atoms with Crippen molar-refractivity contribution in [1.29, 1.82) is 0 Å². The number of hydrogen-bond acceptors (Lipinski definition) is 3. The van der Waals surface area contributed by atoms with Gasteiger partial charge in [0.1, 0.15) is 0 Å². The molecule has 1 aromatic carbocycles. The smallest absolute Gasteiger partial charge is 0.235 e. The fourth-order valence-corrected chi connectivity index (χ4v) is 1.72. The van der Waals surface area contributed by atoms with Crippen LogP contribution in [-0.4, -0.2) is 25.3 Å². The summed E-state index contributed by atoms with van der Waals surface area (Å²) in [6, 6.07) is 4.27. The predicted molar refractivity (Wildman–Crippen MR) is 54.9 cm³/mol. The van der Waals surface area contributed by atoms with Gasteiger partial charge in [-0.05, 0) is 12.1 Å². The number of anilines is 1. The average Bonchev–Trinajstić information content (AvgIpc) is 2.57. The summed E-state index contributed by atoms with van der Waals surface area (Å²) >= 11 is 0. The Bertz CT molecular complexity index is 459. The number of nitrogens with zero attached hydrogens (tertiary/aromatic N) is 1. The van der Waals surface area contributed by atoms with Gasteiger partial charge in [0.25, 0.3) is 0 Å². The van der Waals surface area contributed by atoms with Crippen LogP contribution in [0, 0.1) is 5.82 Å². The number of para-hydroxylation sites is 1. The molecule has 0 aromatic heterocycles. The Labute approximate surface area is 91.6 Å². The lowest BCUT2D eigenvalue weighted by Crippen LogP contribution is -2.25. The van der Waals surface area contributed by atoms with E-state index in [1.54, 1.807) is 6.07 Å². The van der Waals surface area contributed by atoms with Crippen LogP contribution in [0.25, 0.3) is 0 Å². The van der Waals surface area contributed by atoms with Crippen molar-refractivity contribution in [2.75, 3.05) is 18.6 Å². The molecule has 0 atom stereocenters. The normalized spacial score (nSPS) is 15.8. The fourth-order valence-electron chi connectivity index (χ4n) is 1.72. The van der Waals surface area contributed by atoms with Gasteiger partial charge in [-0.15, -0.1) is 0 Å². The average molecular weight is 223 g/mol. The van der Waals surface area contributed by atoms with Gasteiger partial charge in [-0.1, -0.05) is 6.07 Å². The topological polar surface area (TPSA) is 46.6 Å². The summed E-state index contributed by atoms with van der Waals surface area (Å²) in [4.78, 5) is 23.9. The van der Waals surface area contributed by atoms with Crippen LogP contribution >= 0.6 is 0 Å². The summed E-state index contributed by atoms with van der Waals surface area (Å²) in [5.74, 6) is -1.05. The van der Waals surface area contributed by atoms with Gasteiger partial charge in [0.2, 0.25) is 5.91 Å². The molecule has 0 saturated carbocycles. The number of rotatable bonds is 2. The van der Waals surface area contributed by atoms with Gasteiger partial charge in [0.15, 0.2) is 17.3 Å². The third-order valence-electron chi connectivity index (χ3n) is 2.43. The molecule has 1 saturated heterocycles. The Kier molecular flexibility index (Phi) is 2.60. The standard InChI is InChI=1S/C11H10FNO3/c1-16-11-8(12)3-2-4-9(11)13-6-7(14)5-10(13)15/h2-4H,5-6H2,1H3. The fraction of sp³-hybridized carbons (Fsp3) is 0.273. The van der Waals surface area contributed by atoms with Crippen molar-refractivity contribution in [2.24, 2.45) is 0 Å². The molecule has 0 radical (unpaired) electrons. The zero-order valence-corrected chi connectivity index (χ0v) is 8.70. The molecule has 2 rings (SSSR count). The van der Waals surface area contributed by atoms with Gasteiger partial charge in [-0.25, -0.2) is 4.39 Å². The molecule has 1 aliphatic heterocycles. The Morgan fingerprint density at radius 2 is 2.12 bits per heavy atom. The lowest BCUT2D eigenvalue weighted by atomic mass is 10.2. The second-order valence-electron chi connectivity index (χ2n) is 3.49. The van der Waals surface area contributed by atoms with Crippen LogP contribution in [0.15, 0.2) is 18.2 Å². The molecule has 1 heterocycles. The van der Waals surface area contributed by atoms with E-state index >= 15 is 0 Å². The molecule has 0 N–H and O–H groups in total. The van der Waals surface area contributed by atoms with Crippen molar-refractivity contribution >= 4 is 17.4 Å². The maximum absolute atomic E-state index is 13.4. The van der Waals surface area contributed by atoms with Crippen LogP contribution in [-0.2, 0) is 9.59 Å². The summed E-state index contributed by atoms with van der Waals surface area (Å²) in [5, 5.41) is 0. The molecule has 1 fully saturated rings. The second kappa shape index (κ2) is 3.92. The second-order valence-corrected chi connectivity index (χ2v) is 3.49. The Hall–Kier alpha value is -1.91. The lowest BCUT2D eigenvalue weighted by Gasteiger charge is -2.18. The lowest BCUT2D eigenvalue weighted by molar-refractivity contribution is -0.121. The minimum absolute atomic E-state index is 0.00875. The van der Waals surface area contributed by atoms with Crippen molar-refractivity contribution in [2.45, 2.75) is 6.42 Å². The van der Waals surface area contributed by atoms with Crippen LogP contribution in [0.5, 0.6) is 5.75 Å².